The topological polar surface area (TPSA) is 32.3 Å². The minimum atomic E-state index is -4.39. The largest absolute Gasteiger partial charge is 0.405 e. The van der Waals surface area contributed by atoms with Crippen molar-refractivity contribution >= 4 is 21.8 Å². The quantitative estimate of drug-likeness (QED) is 0.866. The fourth-order valence-electron chi connectivity index (χ4n) is 2.46. The second-order valence-electron chi connectivity index (χ2n) is 6.18. The predicted octanol–water partition coefficient (Wildman–Crippen LogP) is 3.69. The molecule has 0 bridgehead atoms. The second kappa shape index (κ2) is 6.20. The first-order chi connectivity index (χ1) is 10.1. The van der Waals surface area contributed by atoms with Crippen LogP contribution in [0, 0.1) is 5.41 Å². The van der Waals surface area contributed by atoms with Gasteiger partial charge >= 0.3 is 6.18 Å². The number of rotatable bonds is 4. The Morgan fingerprint density at radius 1 is 1.32 bits per heavy atom. The molecule has 0 radical (unpaired) electrons. The lowest BCUT2D eigenvalue weighted by Gasteiger charge is -2.29. The summed E-state index contributed by atoms with van der Waals surface area (Å²) in [5.74, 6) is -0.370. The summed E-state index contributed by atoms with van der Waals surface area (Å²) in [5.41, 5.74) is 2.39. The highest BCUT2D eigenvalue weighted by Crippen LogP contribution is 2.33. The normalized spacial score (nSPS) is 20.0. The monoisotopic (exact) mass is 378 g/mol. The highest BCUT2D eigenvalue weighted by Gasteiger charge is 2.49. The molecule has 1 aromatic rings. The summed E-state index contributed by atoms with van der Waals surface area (Å²) in [5, 5.41) is 1.03. The third-order valence-electron chi connectivity index (χ3n) is 3.80. The third-order valence-corrected chi connectivity index (χ3v) is 4.33. The van der Waals surface area contributed by atoms with Gasteiger partial charge in [0.05, 0.1) is 5.41 Å². The maximum atomic E-state index is 13.3. The number of aryl methyl sites for hydroxylation is 1. The van der Waals surface area contributed by atoms with E-state index in [9.17, 15) is 18.0 Å². The van der Waals surface area contributed by atoms with Crippen molar-refractivity contribution in [3.8, 4) is 0 Å². The van der Waals surface area contributed by atoms with Gasteiger partial charge in [0.2, 0.25) is 5.91 Å². The Balaban J connectivity index is 2.08. The van der Waals surface area contributed by atoms with Crippen LogP contribution in [-0.4, -0.2) is 29.7 Å². The van der Waals surface area contributed by atoms with Crippen molar-refractivity contribution < 1.29 is 18.0 Å². The number of hydrazine groups is 1. The first-order valence-electron chi connectivity index (χ1n) is 6.98. The van der Waals surface area contributed by atoms with Crippen LogP contribution in [0.1, 0.15) is 25.8 Å². The molecule has 0 aliphatic carbocycles. The standard InChI is InChI=1S/C15H18BrF3N2O/c1-14(2)9-21(20-13(14)22)12(15(17,18)19)8-5-10-3-6-11(16)7-4-10/h3-4,6-7,12H,5,8-9H2,1-2H3,(H,20,22). The summed E-state index contributed by atoms with van der Waals surface area (Å²) in [6, 6.07) is 5.52. The number of hydrogen-bond acceptors (Lipinski definition) is 2. The number of hydrogen-bond donors (Lipinski definition) is 1. The van der Waals surface area contributed by atoms with Crippen molar-refractivity contribution in [3.63, 3.8) is 0 Å². The van der Waals surface area contributed by atoms with E-state index in [0.29, 0.717) is 6.42 Å². The van der Waals surface area contributed by atoms with Crippen LogP contribution in [0.15, 0.2) is 28.7 Å². The molecule has 0 saturated carbocycles. The maximum absolute atomic E-state index is 13.3. The molecule has 1 aliphatic heterocycles. The van der Waals surface area contributed by atoms with Crippen LogP contribution in [0.3, 0.4) is 0 Å². The zero-order chi connectivity index (χ0) is 16.5. The van der Waals surface area contributed by atoms with Gasteiger partial charge in [0.25, 0.3) is 0 Å². The molecule has 2 rings (SSSR count). The lowest BCUT2D eigenvalue weighted by molar-refractivity contribution is -0.190. The maximum Gasteiger partial charge on any atom is 0.405 e. The van der Waals surface area contributed by atoms with Gasteiger partial charge in [0.15, 0.2) is 0 Å². The summed E-state index contributed by atoms with van der Waals surface area (Å²) >= 11 is 3.29. The average molecular weight is 379 g/mol. The lowest BCUT2D eigenvalue weighted by Crippen LogP contribution is -2.50. The van der Waals surface area contributed by atoms with E-state index in [2.05, 4.69) is 21.4 Å². The number of carbonyl (C=O) groups excluding carboxylic acids is 1. The van der Waals surface area contributed by atoms with Crippen LogP contribution in [0.5, 0.6) is 0 Å². The molecule has 1 aromatic carbocycles. The summed E-state index contributed by atoms with van der Waals surface area (Å²) in [6.07, 6.45) is -4.19. The highest BCUT2D eigenvalue weighted by molar-refractivity contribution is 9.10. The van der Waals surface area contributed by atoms with Gasteiger partial charge in [-0.05, 0) is 44.4 Å². The number of amides is 1. The Labute approximate surface area is 136 Å². The van der Waals surface area contributed by atoms with Gasteiger partial charge in [-0.1, -0.05) is 28.1 Å². The van der Waals surface area contributed by atoms with Gasteiger partial charge in [0, 0.05) is 11.0 Å². The van der Waals surface area contributed by atoms with E-state index in [4.69, 9.17) is 0 Å². The number of nitrogens with zero attached hydrogens (tertiary/aromatic N) is 1. The zero-order valence-corrected chi connectivity index (χ0v) is 14.0. The first kappa shape index (κ1) is 17.3. The smallest absolute Gasteiger partial charge is 0.288 e. The molecule has 0 aromatic heterocycles. The molecular formula is C15H18BrF3N2O. The molecule has 22 heavy (non-hydrogen) atoms. The van der Waals surface area contributed by atoms with Gasteiger partial charge in [0.1, 0.15) is 6.04 Å². The highest BCUT2D eigenvalue weighted by atomic mass is 79.9. The van der Waals surface area contributed by atoms with Crippen LogP contribution in [0.25, 0.3) is 0 Å². The van der Waals surface area contributed by atoms with E-state index in [1.165, 1.54) is 0 Å². The summed E-state index contributed by atoms with van der Waals surface area (Å²) in [4.78, 5) is 11.7. The fraction of sp³-hybridized carbons (Fsp3) is 0.533. The number of halogens is 4. The zero-order valence-electron chi connectivity index (χ0n) is 12.4. The second-order valence-corrected chi connectivity index (χ2v) is 7.09. The summed E-state index contributed by atoms with van der Waals surface area (Å²) in [7, 11) is 0. The Bertz CT molecular complexity index is 543. The van der Waals surface area contributed by atoms with E-state index in [0.717, 1.165) is 15.0 Å². The number of nitrogens with one attached hydrogen (secondary N) is 1. The van der Waals surface area contributed by atoms with E-state index in [1.807, 2.05) is 0 Å². The van der Waals surface area contributed by atoms with E-state index < -0.39 is 17.6 Å². The van der Waals surface area contributed by atoms with E-state index >= 15 is 0 Å². The molecule has 1 saturated heterocycles. The number of carbonyl (C=O) groups is 1. The Hall–Kier alpha value is -1.08. The SMILES string of the molecule is CC1(C)CN(C(CCc2ccc(Br)cc2)C(F)(F)F)NC1=O. The van der Waals surface area contributed by atoms with Crippen molar-refractivity contribution in [2.24, 2.45) is 5.41 Å². The first-order valence-corrected chi connectivity index (χ1v) is 7.78. The van der Waals surface area contributed by atoms with Crippen molar-refractivity contribution in [2.45, 2.75) is 38.9 Å². The fourth-order valence-corrected chi connectivity index (χ4v) is 2.72. The van der Waals surface area contributed by atoms with Gasteiger partial charge in [-0.3, -0.25) is 10.2 Å². The van der Waals surface area contributed by atoms with Crippen LogP contribution in [-0.2, 0) is 11.2 Å². The van der Waals surface area contributed by atoms with Gasteiger partial charge in [-0.2, -0.15) is 13.2 Å². The predicted molar refractivity (Wildman–Crippen MR) is 80.9 cm³/mol. The number of benzene rings is 1. The minimum absolute atomic E-state index is 0.0519. The van der Waals surface area contributed by atoms with Crippen LogP contribution < -0.4 is 5.43 Å². The molecule has 0 spiro atoms. The van der Waals surface area contributed by atoms with Crippen LogP contribution in [0.2, 0.25) is 0 Å². The molecule has 3 nitrogen and oxygen atoms in total. The van der Waals surface area contributed by atoms with Crippen LogP contribution >= 0.6 is 15.9 Å². The molecule has 1 atom stereocenters. The Morgan fingerprint density at radius 3 is 2.36 bits per heavy atom. The van der Waals surface area contributed by atoms with Crippen molar-refractivity contribution in [1.29, 1.82) is 0 Å². The minimum Gasteiger partial charge on any atom is -0.288 e. The van der Waals surface area contributed by atoms with Crippen molar-refractivity contribution in [1.82, 2.24) is 10.4 Å². The Morgan fingerprint density at radius 2 is 1.91 bits per heavy atom. The molecule has 1 N–H and O–H groups in total. The van der Waals surface area contributed by atoms with Gasteiger partial charge in [-0.25, -0.2) is 5.01 Å². The Kier molecular flexibility index (Phi) is 4.87. The molecule has 1 amide bonds. The summed E-state index contributed by atoms with van der Waals surface area (Å²) in [6.45, 7) is 3.34. The van der Waals surface area contributed by atoms with E-state index in [1.54, 1.807) is 38.1 Å². The van der Waals surface area contributed by atoms with E-state index in [-0.39, 0.29) is 18.9 Å². The average Bonchev–Trinajstić information content (AvgIpc) is 2.64. The van der Waals surface area contributed by atoms with Gasteiger partial charge < -0.3 is 0 Å². The third kappa shape index (κ3) is 4.01. The molecule has 122 valence electrons. The molecule has 1 heterocycles. The lowest BCUT2D eigenvalue weighted by atomic mass is 9.94. The summed E-state index contributed by atoms with van der Waals surface area (Å²) < 4.78 is 40.8. The molecule has 7 heteroatoms. The molecule has 1 unspecified atom stereocenters. The molecule has 1 aliphatic rings. The number of alkyl halides is 3. The van der Waals surface area contributed by atoms with Crippen LogP contribution in [0.4, 0.5) is 13.2 Å². The van der Waals surface area contributed by atoms with Crippen molar-refractivity contribution in [3.05, 3.63) is 34.3 Å². The molecule has 1 fully saturated rings. The molecular weight excluding hydrogens is 361 g/mol. The van der Waals surface area contributed by atoms with Gasteiger partial charge in [-0.15, -0.1) is 0 Å². The van der Waals surface area contributed by atoms with Crippen molar-refractivity contribution in [2.75, 3.05) is 6.54 Å².